The molecule has 0 aliphatic carbocycles. The van der Waals surface area contributed by atoms with Crippen LogP contribution in [0.4, 0.5) is 0 Å². The Hall–Kier alpha value is -1.66. The van der Waals surface area contributed by atoms with Crippen molar-refractivity contribution in [1.82, 2.24) is 9.97 Å². The molecule has 0 atom stereocenters. The Bertz CT molecular complexity index is 543. The number of carbonyl (C=O) groups is 1. The number of thiazole rings is 1. The Morgan fingerprint density at radius 3 is 2.94 bits per heavy atom. The van der Waals surface area contributed by atoms with Gasteiger partial charge in [-0.25, -0.2) is 4.98 Å². The first-order valence-electron chi connectivity index (χ1n) is 5.13. The molecule has 88 valence electrons. The fourth-order valence-electron chi connectivity index (χ4n) is 1.75. The number of ether oxygens (including phenoxy) is 1. The van der Waals surface area contributed by atoms with E-state index in [0.717, 1.165) is 11.3 Å². The standard InChI is InChI=1S/C11H10N2O3S/c14-10(15)11(5-16-6-11)9-13-8(4-17-9)7-1-2-12-3-7/h1-4,12H,5-6H2,(H,14,15). The Labute approximate surface area is 101 Å². The fourth-order valence-corrected chi connectivity index (χ4v) is 2.75. The first-order valence-corrected chi connectivity index (χ1v) is 6.01. The van der Waals surface area contributed by atoms with Gasteiger partial charge in [-0.05, 0) is 6.07 Å². The Balaban J connectivity index is 1.98. The molecule has 1 aliphatic heterocycles. The fraction of sp³-hybridized carbons (Fsp3) is 0.273. The summed E-state index contributed by atoms with van der Waals surface area (Å²) in [6, 6.07) is 1.91. The lowest BCUT2D eigenvalue weighted by Crippen LogP contribution is -2.53. The number of aliphatic carboxylic acids is 1. The van der Waals surface area contributed by atoms with Crippen molar-refractivity contribution in [3.8, 4) is 11.3 Å². The van der Waals surface area contributed by atoms with Crippen molar-refractivity contribution in [2.75, 3.05) is 13.2 Å². The summed E-state index contributed by atoms with van der Waals surface area (Å²) in [5.41, 5.74) is 0.839. The van der Waals surface area contributed by atoms with Crippen LogP contribution in [0.25, 0.3) is 11.3 Å². The van der Waals surface area contributed by atoms with Crippen LogP contribution < -0.4 is 0 Å². The molecule has 2 aromatic rings. The van der Waals surface area contributed by atoms with E-state index in [1.54, 1.807) is 0 Å². The van der Waals surface area contributed by atoms with Crippen molar-refractivity contribution in [3.63, 3.8) is 0 Å². The Morgan fingerprint density at radius 2 is 2.41 bits per heavy atom. The van der Waals surface area contributed by atoms with Gasteiger partial charge in [-0.2, -0.15) is 0 Å². The molecule has 3 heterocycles. The molecule has 0 spiro atoms. The van der Waals surface area contributed by atoms with E-state index in [0.29, 0.717) is 5.01 Å². The minimum atomic E-state index is -0.931. The van der Waals surface area contributed by atoms with Crippen LogP contribution in [0.2, 0.25) is 0 Å². The summed E-state index contributed by atoms with van der Waals surface area (Å²) >= 11 is 1.37. The molecule has 1 aliphatic rings. The lowest BCUT2D eigenvalue weighted by atomic mass is 9.87. The maximum atomic E-state index is 11.3. The average Bonchev–Trinajstić information content (AvgIpc) is 2.83. The number of hydrogen-bond donors (Lipinski definition) is 2. The number of hydrogen-bond acceptors (Lipinski definition) is 4. The van der Waals surface area contributed by atoms with Crippen molar-refractivity contribution in [1.29, 1.82) is 0 Å². The number of H-pyrrole nitrogens is 1. The van der Waals surface area contributed by atoms with Crippen molar-refractivity contribution in [2.24, 2.45) is 0 Å². The molecule has 0 amide bonds. The summed E-state index contributed by atoms with van der Waals surface area (Å²) < 4.78 is 5.03. The van der Waals surface area contributed by atoms with Gasteiger partial charge in [0.1, 0.15) is 5.01 Å². The lowest BCUT2D eigenvalue weighted by Gasteiger charge is -2.35. The quantitative estimate of drug-likeness (QED) is 0.865. The van der Waals surface area contributed by atoms with E-state index in [1.165, 1.54) is 11.3 Å². The maximum absolute atomic E-state index is 11.3. The molecular formula is C11H10N2O3S. The second-order valence-corrected chi connectivity index (χ2v) is 4.88. The van der Waals surface area contributed by atoms with Gasteiger partial charge in [0.05, 0.1) is 18.9 Å². The van der Waals surface area contributed by atoms with Gasteiger partial charge in [0, 0.05) is 23.3 Å². The topological polar surface area (TPSA) is 75.2 Å². The summed E-state index contributed by atoms with van der Waals surface area (Å²) in [7, 11) is 0. The minimum Gasteiger partial charge on any atom is -0.480 e. The number of carboxylic acids is 1. The van der Waals surface area contributed by atoms with Gasteiger partial charge in [0.15, 0.2) is 5.41 Å². The number of nitrogens with zero attached hydrogens (tertiary/aromatic N) is 1. The zero-order valence-corrected chi connectivity index (χ0v) is 9.66. The van der Waals surface area contributed by atoms with E-state index >= 15 is 0 Å². The van der Waals surface area contributed by atoms with Gasteiger partial charge in [-0.3, -0.25) is 4.79 Å². The molecule has 0 radical (unpaired) electrons. The monoisotopic (exact) mass is 250 g/mol. The predicted octanol–water partition coefficient (Wildman–Crippen LogP) is 1.49. The molecule has 2 N–H and O–H groups in total. The molecule has 6 heteroatoms. The zero-order chi connectivity index (χ0) is 11.9. The maximum Gasteiger partial charge on any atom is 0.321 e. The van der Waals surface area contributed by atoms with Gasteiger partial charge in [0.25, 0.3) is 0 Å². The second-order valence-electron chi connectivity index (χ2n) is 4.02. The molecule has 0 unspecified atom stereocenters. The third kappa shape index (κ3) is 1.49. The van der Waals surface area contributed by atoms with Gasteiger partial charge in [-0.15, -0.1) is 11.3 Å². The average molecular weight is 250 g/mol. The molecule has 1 fully saturated rings. The number of nitrogens with one attached hydrogen (secondary N) is 1. The van der Waals surface area contributed by atoms with E-state index in [2.05, 4.69) is 9.97 Å². The molecule has 17 heavy (non-hydrogen) atoms. The van der Waals surface area contributed by atoms with E-state index in [1.807, 2.05) is 23.8 Å². The summed E-state index contributed by atoms with van der Waals surface area (Å²) in [5.74, 6) is -0.862. The van der Waals surface area contributed by atoms with Crippen LogP contribution in [0.15, 0.2) is 23.8 Å². The van der Waals surface area contributed by atoms with Crippen molar-refractivity contribution in [3.05, 3.63) is 28.8 Å². The van der Waals surface area contributed by atoms with Gasteiger partial charge in [0.2, 0.25) is 0 Å². The van der Waals surface area contributed by atoms with E-state index in [-0.39, 0.29) is 13.2 Å². The van der Waals surface area contributed by atoms with Gasteiger partial charge < -0.3 is 14.8 Å². The van der Waals surface area contributed by atoms with Crippen LogP contribution >= 0.6 is 11.3 Å². The highest BCUT2D eigenvalue weighted by molar-refractivity contribution is 7.10. The summed E-state index contributed by atoms with van der Waals surface area (Å²) in [6.45, 7) is 0.421. The first-order chi connectivity index (χ1) is 8.22. The molecule has 5 nitrogen and oxygen atoms in total. The summed E-state index contributed by atoms with van der Waals surface area (Å²) in [4.78, 5) is 18.6. The van der Waals surface area contributed by atoms with E-state index in [9.17, 15) is 9.90 Å². The molecular weight excluding hydrogens is 240 g/mol. The number of aromatic nitrogens is 2. The van der Waals surface area contributed by atoms with Crippen molar-refractivity contribution < 1.29 is 14.6 Å². The van der Waals surface area contributed by atoms with Crippen LogP contribution in [0, 0.1) is 0 Å². The molecule has 3 rings (SSSR count). The minimum absolute atomic E-state index is 0.211. The highest BCUT2D eigenvalue weighted by Gasteiger charge is 2.50. The predicted molar refractivity (Wildman–Crippen MR) is 62.0 cm³/mol. The molecule has 0 bridgehead atoms. The normalized spacial score (nSPS) is 17.6. The molecule has 0 saturated carbocycles. The number of aromatic amines is 1. The van der Waals surface area contributed by atoms with E-state index in [4.69, 9.17) is 4.74 Å². The first kappa shape index (κ1) is 10.5. The lowest BCUT2D eigenvalue weighted by molar-refractivity contribution is -0.163. The molecule has 1 saturated heterocycles. The Morgan fingerprint density at radius 1 is 1.59 bits per heavy atom. The van der Waals surface area contributed by atoms with Crippen molar-refractivity contribution in [2.45, 2.75) is 5.41 Å². The Kier molecular flexibility index (Phi) is 2.27. The van der Waals surface area contributed by atoms with Gasteiger partial charge >= 0.3 is 5.97 Å². The third-order valence-corrected chi connectivity index (χ3v) is 3.96. The summed E-state index contributed by atoms with van der Waals surface area (Å²) in [5, 5.41) is 11.8. The highest BCUT2D eigenvalue weighted by Crippen LogP contribution is 2.36. The smallest absolute Gasteiger partial charge is 0.321 e. The van der Waals surface area contributed by atoms with Crippen LogP contribution in [0.5, 0.6) is 0 Å². The van der Waals surface area contributed by atoms with Crippen LogP contribution in [-0.4, -0.2) is 34.3 Å². The highest BCUT2D eigenvalue weighted by atomic mass is 32.1. The van der Waals surface area contributed by atoms with Crippen LogP contribution in [0.3, 0.4) is 0 Å². The molecule has 0 aromatic carbocycles. The zero-order valence-electron chi connectivity index (χ0n) is 8.84. The number of rotatable bonds is 3. The van der Waals surface area contributed by atoms with Crippen LogP contribution in [0.1, 0.15) is 5.01 Å². The SMILES string of the molecule is O=C(O)C1(c2nc(-c3cc[nH]c3)cs2)COC1. The number of carboxylic acid groups (broad SMARTS) is 1. The largest absolute Gasteiger partial charge is 0.480 e. The third-order valence-electron chi connectivity index (χ3n) is 2.91. The van der Waals surface area contributed by atoms with E-state index < -0.39 is 11.4 Å². The second kappa shape index (κ2) is 3.68. The van der Waals surface area contributed by atoms with Crippen molar-refractivity contribution >= 4 is 17.3 Å². The van der Waals surface area contributed by atoms with Crippen LogP contribution in [-0.2, 0) is 14.9 Å². The summed E-state index contributed by atoms with van der Waals surface area (Å²) in [6.07, 6.45) is 3.65. The van der Waals surface area contributed by atoms with Gasteiger partial charge in [-0.1, -0.05) is 0 Å². The molecule has 2 aromatic heterocycles.